The molecule has 1 fully saturated rings. The SMILES string of the molecule is CC1CCN(C(=O)C(C)(C)CN)C(C)C1. The first-order chi connectivity index (χ1) is 6.88. The van der Waals surface area contributed by atoms with E-state index >= 15 is 0 Å². The van der Waals surface area contributed by atoms with E-state index in [4.69, 9.17) is 5.73 Å². The highest BCUT2D eigenvalue weighted by Gasteiger charge is 2.35. The van der Waals surface area contributed by atoms with Crippen molar-refractivity contribution in [3.05, 3.63) is 0 Å². The van der Waals surface area contributed by atoms with Crippen molar-refractivity contribution < 1.29 is 4.79 Å². The average molecular weight is 212 g/mol. The van der Waals surface area contributed by atoms with Gasteiger partial charge in [-0.3, -0.25) is 4.79 Å². The van der Waals surface area contributed by atoms with Crippen molar-refractivity contribution in [1.82, 2.24) is 4.90 Å². The molecule has 0 saturated carbocycles. The maximum absolute atomic E-state index is 12.2. The van der Waals surface area contributed by atoms with E-state index in [0.717, 1.165) is 25.3 Å². The summed E-state index contributed by atoms with van der Waals surface area (Å²) in [6.45, 7) is 9.57. The van der Waals surface area contributed by atoms with Gasteiger partial charge in [-0.1, -0.05) is 6.92 Å². The van der Waals surface area contributed by atoms with Crippen molar-refractivity contribution in [2.45, 2.75) is 46.6 Å². The molecule has 88 valence electrons. The number of carbonyl (C=O) groups excluding carboxylic acids is 1. The Morgan fingerprint density at radius 2 is 2.07 bits per heavy atom. The van der Waals surface area contributed by atoms with Gasteiger partial charge in [0, 0.05) is 19.1 Å². The molecule has 15 heavy (non-hydrogen) atoms. The minimum atomic E-state index is -0.408. The number of piperidine rings is 1. The Labute approximate surface area is 93.0 Å². The van der Waals surface area contributed by atoms with E-state index in [1.165, 1.54) is 0 Å². The smallest absolute Gasteiger partial charge is 0.229 e. The predicted octanol–water partition coefficient (Wildman–Crippen LogP) is 1.62. The molecular formula is C12H24N2O. The van der Waals surface area contributed by atoms with Gasteiger partial charge >= 0.3 is 0 Å². The van der Waals surface area contributed by atoms with Crippen LogP contribution in [-0.2, 0) is 4.79 Å². The molecule has 1 rings (SSSR count). The number of rotatable bonds is 2. The molecule has 3 nitrogen and oxygen atoms in total. The number of hydrogen-bond acceptors (Lipinski definition) is 2. The number of likely N-dealkylation sites (tertiary alicyclic amines) is 1. The van der Waals surface area contributed by atoms with Crippen molar-refractivity contribution in [3.8, 4) is 0 Å². The number of hydrogen-bond donors (Lipinski definition) is 1. The van der Waals surface area contributed by atoms with Crippen LogP contribution in [0.4, 0.5) is 0 Å². The quantitative estimate of drug-likeness (QED) is 0.756. The summed E-state index contributed by atoms with van der Waals surface area (Å²) >= 11 is 0. The monoisotopic (exact) mass is 212 g/mol. The number of nitrogens with zero attached hydrogens (tertiary/aromatic N) is 1. The largest absolute Gasteiger partial charge is 0.339 e. The first-order valence-electron chi connectivity index (χ1n) is 5.89. The molecule has 0 spiro atoms. The Balaban J connectivity index is 2.68. The van der Waals surface area contributed by atoms with Crippen LogP contribution in [0, 0.1) is 11.3 Å². The summed E-state index contributed by atoms with van der Waals surface area (Å²) < 4.78 is 0. The van der Waals surface area contributed by atoms with Crippen molar-refractivity contribution >= 4 is 5.91 Å². The molecule has 0 aromatic carbocycles. The lowest BCUT2D eigenvalue weighted by Crippen LogP contribution is -2.51. The van der Waals surface area contributed by atoms with Gasteiger partial charge in [0.15, 0.2) is 0 Å². The Morgan fingerprint density at radius 1 is 1.47 bits per heavy atom. The van der Waals surface area contributed by atoms with Gasteiger partial charge in [0.05, 0.1) is 5.41 Å². The predicted molar refractivity (Wildman–Crippen MR) is 62.4 cm³/mol. The molecule has 1 heterocycles. The number of carbonyl (C=O) groups is 1. The van der Waals surface area contributed by atoms with Crippen LogP contribution in [0.15, 0.2) is 0 Å². The lowest BCUT2D eigenvalue weighted by atomic mass is 9.87. The summed E-state index contributed by atoms with van der Waals surface area (Å²) in [5, 5.41) is 0. The minimum Gasteiger partial charge on any atom is -0.339 e. The minimum absolute atomic E-state index is 0.212. The van der Waals surface area contributed by atoms with E-state index in [-0.39, 0.29) is 5.91 Å². The van der Waals surface area contributed by atoms with E-state index in [1.807, 2.05) is 18.7 Å². The van der Waals surface area contributed by atoms with Crippen LogP contribution in [0.1, 0.15) is 40.5 Å². The van der Waals surface area contributed by atoms with E-state index < -0.39 is 5.41 Å². The van der Waals surface area contributed by atoms with Crippen LogP contribution in [-0.4, -0.2) is 29.9 Å². The van der Waals surface area contributed by atoms with Crippen molar-refractivity contribution in [2.24, 2.45) is 17.1 Å². The fraction of sp³-hybridized carbons (Fsp3) is 0.917. The van der Waals surface area contributed by atoms with E-state index in [0.29, 0.717) is 12.6 Å². The van der Waals surface area contributed by atoms with Gasteiger partial charge in [0.1, 0.15) is 0 Å². The molecule has 0 aliphatic carbocycles. The van der Waals surface area contributed by atoms with Gasteiger partial charge in [-0.2, -0.15) is 0 Å². The Hall–Kier alpha value is -0.570. The van der Waals surface area contributed by atoms with Crippen molar-refractivity contribution in [1.29, 1.82) is 0 Å². The van der Waals surface area contributed by atoms with Gasteiger partial charge in [-0.05, 0) is 39.5 Å². The molecule has 0 radical (unpaired) electrons. The average Bonchev–Trinajstić information content (AvgIpc) is 2.17. The molecule has 3 heteroatoms. The third-order valence-corrected chi connectivity index (χ3v) is 3.49. The van der Waals surface area contributed by atoms with Gasteiger partial charge in [0.25, 0.3) is 0 Å². The van der Waals surface area contributed by atoms with E-state index in [1.54, 1.807) is 0 Å². The summed E-state index contributed by atoms with van der Waals surface area (Å²) in [6, 6.07) is 0.368. The zero-order valence-corrected chi connectivity index (χ0v) is 10.4. The van der Waals surface area contributed by atoms with E-state index in [2.05, 4.69) is 13.8 Å². The lowest BCUT2D eigenvalue weighted by molar-refractivity contribution is -0.143. The zero-order valence-electron chi connectivity index (χ0n) is 10.4. The maximum Gasteiger partial charge on any atom is 0.229 e. The zero-order chi connectivity index (χ0) is 11.6. The third kappa shape index (κ3) is 2.71. The lowest BCUT2D eigenvalue weighted by Gasteiger charge is -2.40. The van der Waals surface area contributed by atoms with Crippen molar-refractivity contribution in [3.63, 3.8) is 0 Å². The normalized spacial score (nSPS) is 27.9. The first kappa shape index (κ1) is 12.5. The Bertz CT molecular complexity index is 238. The second kappa shape index (κ2) is 4.52. The van der Waals surface area contributed by atoms with Crippen LogP contribution in [0.5, 0.6) is 0 Å². The van der Waals surface area contributed by atoms with Crippen LogP contribution >= 0.6 is 0 Å². The second-order valence-electron chi connectivity index (χ2n) is 5.57. The number of nitrogens with two attached hydrogens (primary N) is 1. The highest BCUT2D eigenvalue weighted by Crippen LogP contribution is 2.26. The molecule has 0 aromatic heterocycles. The molecule has 1 aliphatic heterocycles. The molecule has 0 bridgehead atoms. The summed E-state index contributed by atoms with van der Waals surface area (Å²) in [6.07, 6.45) is 2.24. The van der Waals surface area contributed by atoms with Crippen LogP contribution in [0.25, 0.3) is 0 Å². The summed E-state index contributed by atoms with van der Waals surface area (Å²) in [5.74, 6) is 0.953. The Kier molecular flexibility index (Phi) is 3.77. The van der Waals surface area contributed by atoms with Crippen LogP contribution < -0.4 is 5.73 Å². The van der Waals surface area contributed by atoms with E-state index in [9.17, 15) is 4.79 Å². The highest BCUT2D eigenvalue weighted by atomic mass is 16.2. The van der Waals surface area contributed by atoms with Gasteiger partial charge in [-0.15, -0.1) is 0 Å². The summed E-state index contributed by atoms with van der Waals surface area (Å²) in [7, 11) is 0. The second-order valence-corrected chi connectivity index (χ2v) is 5.57. The molecular weight excluding hydrogens is 188 g/mol. The molecule has 2 atom stereocenters. The van der Waals surface area contributed by atoms with Gasteiger partial charge < -0.3 is 10.6 Å². The molecule has 1 aliphatic rings. The molecule has 1 amide bonds. The highest BCUT2D eigenvalue weighted by molar-refractivity contribution is 5.82. The summed E-state index contributed by atoms with van der Waals surface area (Å²) in [5.41, 5.74) is 5.23. The standard InChI is InChI=1S/C12H24N2O/c1-9-5-6-14(10(2)7-9)11(15)12(3,4)8-13/h9-10H,5-8,13H2,1-4H3. The fourth-order valence-corrected chi connectivity index (χ4v) is 2.19. The van der Waals surface area contributed by atoms with Gasteiger partial charge in [0.2, 0.25) is 5.91 Å². The van der Waals surface area contributed by atoms with Gasteiger partial charge in [-0.25, -0.2) is 0 Å². The molecule has 0 aromatic rings. The molecule has 2 unspecified atom stereocenters. The van der Waals surface area contributed by atoms with Crippen LogP contribution in [0.3, 0.4) is 0 Å². The molecule has 1 saturated heterocycles. The summed E-state index contributed by atoms with van der Waals surface area (Å²) in [4.78, 5) is 14.2. The van der Waals surface area contributed by atoms with Crippen LogP contribution in [0.2, 0.25) is 0 Å². The fourth-order valence-electron chi connectivity index (χ4n) is 2.19. The maximum atomic E-state index is 12.2. The molecule has 2 N–H and O–H groups in total. The third-order valence-electron chi connectivity index (χ3n) is 3.49. The van der Waals surface area contributed by atoms with Crippen molar-refractivity contribution in [2.75, 3.05) is 13.1 Å². The number of amides is 1. The Morgan fingerprint density at radius 3 is 2.53 bits per heavy atom. The first-order valence-corrected chi connectivity index (χ1v) is 5.89. The topological polar surface area (TPSA) is 46.3 Å².